The Morgan fingerprint density at radius 3 is 1.42 bits per heavy atom. The van der Waals surface area contributed by atoms with Crippen molar-refractivity contribution in [2.45, 2.75) is 20.3 Å². The lowest BCUT2D eigenvalue weighted by molar-refractivity contribution is -0.0191. The molecule has 0 spiro atoms. The fraction of sp³-hybridized carbons (Fsp3) is 0.739. The summed E-state index contributed by atoms with van der Waals surface area (Å²) in [5, 5.41) is 0. The zero-order valence-corrected chi connectivity index (χ0v) is 19.2. The molecule has 1 rings (SSSR count). The quantitative estimate of drug-likeness (QED) is 0.216. The number of anilines is 1. The van der Waals surface area contributed by atoms with Gasteiger partial charge in [-0.2, -0.15) is 0 Å². The molecule has 8 heteroatoms. The van der Waals surface area contributed by atoms with Gasteiger partial charge in [-0.1, -0.05) is 20.3 Å². The van der Waals surface area contributed by atoms with E-state index in [1.54, 1.807) is 12.1 Å². The molecule has 0 aliphatic heterocycles. The third-order valence-electron chi connectivity index (χ3n) is 4.34. The summed E-state index contributed by atoms with van der Waals surface area (Å²) in [5.41, 5.74) is 6.34. The third kappa shape index (κ3) is 17.9. The van der Waals surface area contributed by atoms with Crippen molar-refractivity contribution < 1.29 is 33.2 Å². The van der Waals surface area contributed by atoms with Crippen molar-refractivity contribution in [1.82, 2.24) is 0 Å². The SMILES string of the molecule is CCC(C)COCCOCCOCCOCCOCCOCCOc1ccc(N)cc1. The summed E-state index contributed by atoms with van der Waals surface area (Å²) < 4.78 is 38.3. The molecule has 1 atom stereocenters. The van der Waals surface area contributed by atoms with Crippen LogP contribution in [0.5, 0.6) is 5.75 Å². The van der Waals surface area contributed by atoms with Crippen molar-refractivity contribution in [3.8, 4) is 5.75 Å². The third-order valence-corrected chi connectivity index (χ3v) is 4.34. The predicted octanol–water partition coefficient (Wildman–Crippen LogP) is 2.79. The summed E-state index contributed by atoms with van der Waals surface area (Å²) in [6.07, 6.45) is 1.14. The molecule has 0 saturated heterocycles. The van der Waals surface area contributed by atoms with Crippen LogP contribution in [0.1, 0.15) is 20.3 Å². The van der Waals surface area contributed by atoms with Gasteiger partial charge in [-0.05, 0) is 30.2 Å². The lowest BCUT2D eigenvalue weighted by Crippen LogP contribution is -2.15. The standard InChI is InChI=1S/C23H41NO7/c1-3-21(2)20-30-17-16-28-13-12-26-9-8-25-10-11-27-14-15-29-18-19-31-23-6-4-22(24)5-7-23/h4-7,21H,3,8-20,24H2,1-2H3. The fourth-order valence-corrected chi connectivity index (χ4v) is 2.28. The van der Waals surface area contributed by atoms with Crippen molar-refractivity contribution in [1.29, 1.82) is 0 Å². The van der Waals surface area contributed by atoms with Gasteiger partial charge < -0.3 is 38.9 Å². The maximum Gasteiger partial charge on any atom is 0.119 e. The zero-order valence-electron chi connectivity index (χ0n) is 19.2. The van der Waals surface area contributed by atoms with Crippen molar-refractivity contribution in [2.75, 3.05) is 91.6 Å². The Hall–Kier alpha value is -1.42. The molecule has 1 aromatic carbocycles. The van der Waals surface area contributed by atoms with Crippen molar-refractivity contribution in [3.63, 3.8) is 0 Å². The summed E-state index contributed by atoms with van der Waals surface area (Å²) >= 11 is 0. The molecular formula is C23H41NO7. The molecule has 0 bridgehead atoms. The predicted molar refractivity (Wildman–Crippen MR) is 121 cm³/mol. The minimum atomic E-state index is 0.490. The zero-order chi connectivity index (χ0) is 22.4. The monoisotopic (exact) mass is 443 g/mol. The first-order valence-electron chi connectivity index (χ1n) is 11.2. The maximum atomic E-state index is 5.62. The summed E-state index contributed by atoms with van der Waals surface area (Å²) in [4.78, 5) is 0. The van der Waals surface area contributed by atoms with Crippen LogP contribution in [-0.4, -0.2) is 85.9 Å². The number of rotatable bonds is 22. The molecule has 0 aromatic heterocycles. The maximum absolute atomic E-state index is 5.62. The number of nitrogens with two attached hydrogens (primary N) is 1. The van der Waals surface area contributed by atoms with Crippen LogP contribution in [0.25, 0.3) is 0 Å². The normalized spacial score (nSPS) is 12.2. The fourth-order valence-electron chi connectivity index (χ4n) is 2.28. The van der Waals surface area contributed by atoms with Crippen LogP contribution in [0.4, 0.5) is 5.69 Å². The topological polar surface area (TPSA) is 90.6 Å². The molecular weight excluding hydrogens is 402 g/mol. The Balaban J connectivity index is 1.69. The molecule has 0 radical (unpaired) electrons. The van der Waals surface area contributed by atoms with Crippen LogP contribution in [0, 0.1) is 5.92 Å². The van der Waals surface area contributed by atoms with Gasteiger partial charge in [0.15, 0.2) is 0 Å². The van der Waals surface area contributed by atoms with Gasteiger partial charge in [0.1, 0.15) is 12.4 Å². The molecule has 0 fully saturated rings. The van der Waals surface area contributed by atoms with Gasteiger partial charge in [-0.15, -0.1) is 0 Å². The van der Waals surface area contributed by atoms with Gasteiger partial charge in [0, 0.05) is 12.3 Å². The summed E-state index contributed by atoms with van der Waals surface area (Å²) in [7, 11) is 0. The molecule has 0 saturated carbocycles. The second kappa shape index (κ2) is 20.5. The van der Waals surface area contributed by atoms with Crippen molar-refractivity contribution >= 4 is 5.69 Å². The van der Waals surface area contributed by atoms with E-state index in [1.807, 2.05) is 12.1 Å². The van der Waals surface area contributed by atoms with Crippen LogP contribution in [0.2, 0.25) is 0 Å². The van der Waals surface area contributed by atoms with E-state index in [-0.39, 0.29) is 0 Å². The lowest BCUT2D eigenvalue weighted by atomic mass is 10.1. The van der Waals surface area contributed by atoms with E-state index in [2.05, 4.69) is 13.8 Å². The average molecular weight is 444 g/mol. The molecule has 1 aromatic rings. The molecule has 2 N–H and O–H groups in total. The average Bonchev–Trinajstić information content (AvgIpc) is 2.78. The highest BCUT2D eigenvalue weighted by Gasteiger charge is 1.98. The number of nitrogen functional groups attached to an aromatic ring is 1. The molecule has 0 heterocycles. The van der Waals surface area contributed by atoms with Crippen LogP contribution < -0.4 is 10.5 Å². The van der Waals surface area contributed by atoms with Gasteiger partial charge in [-0.25, -0.2) is 0 Å². The lowest BCUT2D eigenvalue weighted by Gasteiger charge is -2.10. The van der Waals surface area contributed by atoms with Gasteiger partial charge in [0.2, 0.25) is 0 Å². The highest BCUT2D eigenvalue weighted by molar-refractivity contribution is 5.41. The van der Waals surface area contributed by atoms with Crippen LogP contribution in [-0.2, 0) is 28.4 Å². The molecule has 8 nitrogen and oxygen atoms in total. The van der Waals surface area contributed by atoms with E-state index in [0.29, 0.717) is 85.2 Å². The Kier molecular flexibility index (Phi) is 18.2. The molecule has 0 aliphatic carbocycles. The second-order valence-corrected chi connectivity index (χ2v) is 7.07. The summed E-state index contributed by atoms with van der Waals surface area (Å²) in [5.74, 6) is 1.39. The van der Waals surface area contributed by atoms with E-state index in [9.17, 15) is 0 Å². The Bertz CT molecular complexity index is 501. The molecule has 0 amide bonds. The van der Waals surface area contributed by atoms with Crippen molar-refractivity contribution in [2.24, 2.45) is 5.92 Å². The molecule has 0 aliphatic rings. The first kappa shape index (κ1) is 27.6. The Morgan fingerprint density at radius 2 is 1.00 bits per heavy atom. The number of hydrogen-bond acceptors (Lipinski definition) is 8. The first-order valence-corrected chi connectivity index (χ1v) is 11.2. The van der Waals surface area contributed by atoms with E-state index < -0.39 is 0 Å². The second-order valence-electron chi connectivity index (χ2n) is 7.07. The number of hydrogen-bond donors (Lipinski definition) is 1. The van der Waals surface area contributed by atoms with E-state index in [1.165, 1.54) is 0 Å². The highest BCUT2D eigenvalue weighted by atomic mass is 16.6. The van der Waals surface area contributed by atoms with Crippen LogP contribution >= 0.6 is 0 Å². The smallest absolute Gasteiger partial charge is 0.119 e. The minimum Gasteiger partial charge on any atom is -0.491 e. The largest absolute Gasteiger partial charge is 0.491 e. The molecule has 1 unspecified atom stereocenters. The Labute approximate surface area is 187 Å². The van der Waals surface area contributed by atoms with E-state index in [4.69, 9.17) is 38.9 Å². The van der Waals surface area contributed by atoms with Crippen LogP contribution in [0.15, 0.2) is 24.3 Å². The van der Waals surface area contributed by atoms with Crippen LogP contribution in [0.3, 0.4) is 0 Å². The number of benzene rings is 1. The minimum absolute atomic E-state index is 0.490. The Morgan fingerprint density at radius 1 is 0.613 bits per heavy atom. The van der Waals surface area contributed by atoms with Gasteiger partial charge >= 0.3 is 0 Å². The van der Waals surface area contributed by atoms with E-state index in [0.717, 1.165) is 24.5 Å². The van der Waals surface area contributed by atoms with Gasteiger partial charge in [0.05, 0.1) is 72.7 Å². The van der Waals surface area contributed by atoms with Gasteiger partial charge in [-0.3, -0.25) is 0 Å². The first-order chi connectivity index (χ1) is 15.2. The van der Waals surface area contributed by atoms with Gasteiger partial charge in [0.25, 0.3) is 0 Å². The van der Waals surface area contributed by atoms with E-state index >= 15 is 0 Å². The molecule has 31 heavy (non-hydrogen) atoms. The summed E-state index contributed by atoms with van der Waals surface area (Å²) in [6, 6.07) is 7.28. The number of ether oxygens (including phenoxy) is 7. The molecule has 180 valence electrons. The summed E-state index contributed by atoms with van der Waals surface area (Å²) in [6.45, 7) is 11.7. The highest BCUT2D eigenvalue weighted by Crippen LogP contribution is 2.12. The van der Waals surface area contributed by atoms with Crippen molar-refractivity contribution in [3.05, 3.63) is 24.3 Å².